The Kier molecular flexibility index (Phi) is 30.6. The number of Topliss-reactive ketones (excluding diaryl/α,β-unsaturated/α-hetero) is 4. The SMILES string of the molecule is CC[C@H](Cc1ccc(F)cc1)C(=O)N[C@H](C(=O)C[C@@H](CO)C(=O)N[C@H](CCC(N)=O)C(=O)C[C@@H](C(=O)N[C@H](C(=O)C[C@@H](CO)C(=O)N[C@H]1C(=O)C[C@@H](C)C(=O)N[C@@]2(C[C@H]2CC(C)F)C(=O)N[C@@H]([C@@H](C)CC)C(=O)O[C@H]1C)[C@@H](C)CC)[C@@H](C)CC)[C@@H](C)CC. The Hall–Kier alpha value is -6.56. The number of hydrogen-bond acceptors (Lipinski definition) is 15. The lowest BCUT2D eigenvalue weighted by atomic mass is 9.83. The third kappa shape index (κ3) is 21.6. The molecule has 0 aromatic heterocycles. The van der Waals surface area contributed by atoms with Crippen LogP contribution in [0.5, 0.6) is 0 Å². The second kappa shape index (κ2) is 35.6. The van der Waals surface area contributed by atoms with Crippen LogP contribution >= 0.6 is 0 Å². The minimum Gasteiger partial charge on any atom is -0.458 e. The molecule has 3 rings (SSSR count). The van der Waals surface area contributed by atoms with Gasteiger partial charge in [0, 0.05) is 49.9 Å². The molecule has 1 saturated heterocycles. The van der Waals surface area contributed by atoms with Gasteiger partial charge in [0.15, 0.2) is 23.1 Å². The highest BCUT2D eigenvalue weighted by molar-refractivity contribution is 6.01. The first kappa shape index (κ1) is 75.7. The zero-order valence-corrected chi connectivity index (χ0v) is 53.5. The second-order valence-corrected chi connectivity index (χ2v) is 24.9. The summed E-state index contributed by atoms with van der Waals surface area (Å²) in [6, 6.07) is -1.03. The Morgan fingerprint density at radius 3 is 1.74 bits per heavy atom. The first-order chi connectivity index (χ1) is 41.4. The van der Waals surface area contributed by atoms with Gasteiger partial charge in [0.2, 0.25) is 41.4 Å². The molecule has 0 radical (unpaired) electrons. The summed E-state index contributed by atoms with van der Waals surface area (Å²) in [5, 5.41) is 37.2. The molecule has 1 aromatic carbocycles. The van der Waals surface area contributed by atoms with E-state index in [0.29, 0.717) is 37.7 Å². The number of hydrogen-bond donors (Lipinski definition) is 9. The lowest BCUT2D eigenvalue weighted by molar-refractivity contribution is -0.157. The molecule has 2 fully saturated rings. The van der Waals surface area contributed by atoms with Crippen molar-refractivity contribution in [3.05, 3.63) is 35.6 Å². The van der Waals surface area contributed by atoms with Crippen molar-refractivity contribution in [1.29, 1.82) is 0 Å². The molecule has 1 spiro atoms. The molecular weight excluding hydrogens is 1140 g/mol. The fourth-order valence-corrected chi connectivity index (χ4v) is 11.1. The van der Waals surface area contributed by atoms with E-state index in [0.717, 1.165) is 0 Å². The Morgan fingerprint density at radius 1 is 0.705 bits per heavy atom. The number of nitrogens with one attached hydrogen (secondary N) is 6. The van der Waals surface area contributed by atoms with Crippen molar-refractivity contribution >= 4 is 70.5 Å². The number of esters is 1. The molecule has 88 heavy (non-hydrogen) atoms. The van der Waals surface area contributed by atoms with E-state index in [1.54, 1.807) is 67.5 Å². The van der Waals surface area contributed by atoms with Crippen molar-refractivity contribution < 1.29 is 81.3 Å². The molecule has 24 heteroatoms. The first-order valence-corrected chi connectivity index (χ1v) is 31.4. The van der Waals surface area contributed by atoms with E-state index in [4.69, 9.17) is 10.5 Å². The van der Waals surface area contributed by atoms with Crippen LogP contribution in [0.4, 0.5) is 8.78 Å². The van der Waals surface area contributed by atoms with Crippen LogP contribution in [0.1, 0.15) is 172 Å². The number of ether oxygens (including phenoxy) is 1. The van der Waals surface area contributed by atoms with Gasteiger partial charge in [-0.1, -0.05) is 107 Å². The van der Waals surface area contributed by atoms with E-state index in [9.17, 15) is 76.5 Å². The second-order valence-electron chi connectivity index (χ2n) is 24.9. The highest BCUT2D eigenvalue weighted by atomic mass is 19.1. The molecule has 7 amide bonds. The minimum absolute atomic E-state index is 0.0513. The van der Waals surface area contributed by atoms with Crippen molar-refractivity contribution in [3.63, 3.8) is 0 Å². The Bertz CT molecular complexity index is 2610. The van der Waals surface area contributed by atoms with Gasteiger partial charge in [-0.2, -0.15) is 0 Å². The third-order valence-electron chi connectivity index (χ3n) is 18.1. The predicted molar refractivity (Wildman–Crippen MR) is 322 cm³/mol. The van der Waals surface area contributed by atoms with Gasteiger partial charge in [-0.05, 0) is 93.2 Å². The number of benzene rings is 1. The molecule has 0 bridgehead atoms. The van der Waals surface area contributed by atoms with Gasteiger partial charge < -0.3 is 52.6 Å². The van der Waals surface area contributed by atoms with Crippen LogP contribution in [-0.2, 0) is 68.7 Å². The van der Waals surface area contributed by atoms with Crippen LogP contribution in [0.3, 0.4) is 0 Å². The van der Waals surface area contributed by atoms with E-state index in [1.165, 1.54) is 32.9 Å². The van der Waals surface area contributed by atoms with Crippen molar-refractivity contribution in [2.75, 3.05) is 13.2 Å². The maximum atomic E-state index is 14.5. The number of halogens is 2. The normalized spacial score (nSPS) is 23.9. The number of alkyl halides is 1. The average Bonchev–Trinajstić information content (AvgIpc) is 1.60. The molecule has 10 N–H and O–H groups in total. The lowest BCUT2D eigenvalue weighted by Crippen LogP contribution is -2.57. The summed E-state index contributed by atoms with van der Waals surface area (Å²) in [5.74, 6) is -17.9. The largest absolute Gasteiger partial charge is 0.458 e. The van der Waals surface area contributed by atoms with Gasteiger partial charge in [-0.15, -0.1) is 0 Å². The molecule has 2 aliphatic rings. The molecule has 1 aliphatic heterocycles. The predicted octanol–water partition coefficient (Wildman–Crippen LogP) is 4.14. The Balaban J connectivity index is 1.85. The van der Waals surface area contributed by atoms with Gasteiger partial charge in [-0.3, -0.25) is 52.7 Å². The maximum Gasteiger partial charge on any atom is 0.329 e. The first-order valence-electron chi connectivity index (χ1n) is 31.4. The molecule has 1 saturated carbocycles. The summed E-state index contributed by atoms with van der Waals surface area (Å²) < 4.78 is 33.6. The van der Waals surface area contributed by atoms with Gasteiger partial charge in [-0.25, -0.2) is 13.6 Å². The topological polar surface area (TPSA) is 353 Å². The molecule has 1 aliphatic carbocycles. The summed E-state index contributed by atoms with van der Waals surface area (Å²) in [7, 11) is 0. The number of carbonyl (C=O) groups excluding carboxylic acids is 12. The smallest absolute Gasteiger partial charge is 0.329 e. The molecule has 494 valence electrons. The summed E-state index contributed by atoms with van der Waals surface area (Å²) in [5.41, 5.74) is 4.65. The quantitative estimate of drug-likeness (QED) is 0.0431. The van der Waals surface area contributed by atoms with E-state index < -0.39 is 222 Å². The summed E-state index contributed by atoms with van der Waals surface area (Å²) in [4.78, 5) is 167. The molecule has 1 heterocycles. The van der Waals surface area contributed by atoms with Crippen LogP contribution in [-0.4, -0.2) is 142 Å². The number of amides is 7. The number of rotatable bonds is 35. The molecule has 1 unspecified atom stereocenters. The highest BCUT2D eigenvalue weighted by Crippen LogP contribution is 2.48. The number of primary amides is 1. The third-order valence-corrected chi connectivity index (χ3v) is 18.1. The summed E-state index contributed by atoms with van der Waals surface area (Å²) >= 11 is 0. The number of aliphatic hydroxyl groups is 2. The molecule has 22 nitrogen and oxygen atoms in total. The lowest BCUT2D eigenvalue weighted by Gasteiger charge is -2.30. The van der Waals surface area contributed by atoms with Gasteiger partial charge in [0.1, 0.15) is 29.5 Å². The number of ketones is 4. The fraction of sp³-hybridized carbons (Fsp3) is 0.719. The highest BCUT2D eigenvalue weighted by Gasteiger charge is 2.62. The summed E-state index contributed by atoms with van der Waals surface area (Å²) in [6.07, 6.45) is -3.53. The maximum absolute atomic E-state index is 14.5. The van der Waals surface area contributed by atoms with Crippen molar-refractivity contribution in [1.82, 2.24) is 31.9 Å². The van der Waals surface area contributed by atoms with E-state index in [2.05, 4.69) is 31.9 Å². The molecule has 1 aromatic rings. The zero-order valence-electron chi connectivity index (χ0n) is 53.5. The van der Waals surface area contributed by atoms with E-state index >= 15 is 0 Å². The van der Waals surface area contributed by atoms with Crippen LogP contribution in [0.25, 0.3) is 0 Å². The van der Waals surface area contributed by atoms with E-state index in [1.807, 2.05) is 6.92 Å². The van der Waals surface area contributed by atoms with Crippen molar-refractivity contribution in [2.24, 2.45) is 64.9 Å². The van der Waals surface area contributed by atoms with Crippen molar-refractivity contribution in [3.8, 4) is 0 Å². The van der Waals surface area contributed by atoms with E-state index in [-0.39, 0.29) is 32.1 Å². The van der Waals surface area contributed by atoms with Gasteiger partial charge in [0.05, 0.1) is 49.3 Å². The number of nitrogens with two attached hydrogens (primary N) is 1. The number of carbonyl (C=O) groups is 12. The van der Waals surface area contributed by atoms with Crippen LogP contribution in [0.2, 0.25) is 0 Å². The zero-order chi connectivity index (χ0) is 66.5. The van der Waals surface area contributed by atoms with Crippen LogP contribution in [0.15, 0.2) is 24.3 Å². The minimum atomic E-state index is -1.63. The Morgan fingerprint density at radius 2 is 1.24 bits per heavy atom. The van der Waals surface area contributed by atoms with Gasteiger partial charge in [0.25, 0.3) is 0 Å². The van der Waals surface area contributed by atoms with Gasteiger partial charge >= 0.3 is 5.97 Å². The monoisotopic (exact) mass is 1240 g/mol. The van der Waals surface area contributed by atoms with Crippen LogP contribution in [0, 0.1) is 65.0 Å². The summed E-state index contributed by atoms with van der Waals surface area (Å²) in [6.45, 7) is 18.0. The molecule has 18 atom stereocenters. The fourth-order valence-electron chi connectivity index (χ4n) is 11.1. The number of aliphatic hydroxyl groups excluding tert-OH is 2. The molecular formula is C64H99F2N7O15. The van der Waals surface area contributed by atoms with Crippen LogP contribution < -0.4 is 37.6 Å². The van der Waals surface area contributed by atoms with Crippen molar-refractivity contribution in [2.45, 2.75) is 221 Å². The standard InChI is InChI=1S/C64H99F2N7O15/c1-13-33(6)46(29-48(76)47(22-23-52(67)80)68-59(83)42(31-74)27-50(78)53(34(7)14-2)69-58(82)41(17-5)26-40-18-20-45(66)21-19-40)61(85)70-54(35(8)15-3)51(79)28-43(32-75)60(84)71-56-39(12)88-62(86)55(36(9)16-4)72-63(87)64(30-44(64)25-38(11)65)73-57(81)37(10)24-49(56)77/h18-21,33-39,41-44,46-47,53-56,74-75H,13-17,22-32H2,1-12H3,(H2,67,80)(H,68,83)(H,69,82)(H,70,85)(H,71,84)(H,72,87)(H,73,81)/t33-,34-,35-,36-,37+,38?,39-,41+,42-,43-,44+,46+,47+,53-,54-,55-,56+,64+/m0/s1. The average molecular weight is 1240 g/mol. The Labute approximate surface area is 516 Å². The number of cyclic esters (lactones) is 1.